The van der Waals surface area contributed by atoms with Crippen molar-refractivity contribution in [1.29, 1.82) is 0 Å². The average Bonchev–Trinajstić information content (AvgIpc) is 2.73. The first-order valence-electron chi connectivity index (χ1n) is 8.84. The highest BCUT2D eigenvalue weighted by molar-refractivity contribution is 7.99. The number of hydrogen-bond acceptors (Lipinski definition) is 6. The van der Waals surface area contributed by atoms with E-state index in [1.54, 1.807) is 31.2 Å². The Morgan fingerprint density at radius 2 is 1.86 bits per heavy atom. The van der Waals surface area contributed by atoms with Crippen molar-refractivity contribution >= 4 is 23.4 Å². The lowest BCUT2D eigenvalue weighted by Gasteiger charge is -2.09. The SMILES string of the molecule is CCC(=O)Nc1ccccc1-c1nnc(SCCOc2ccccc2)[nH]c1=O. The van der Waals surface area contributed by atoms with Crippen molar-refractivity contribution in [2.24, 2.45) is 0 Å². The van der Waals surface area contributed by atoms with Crippen LogP contribution in [-0.2, 0) is 4.79 Å². The lowest BCUT2D eigenvalue weighted by molar-refractivity contribution is -0.115. The number of carbonyl (C=O) groups is 1. The minimum Gasteiger partial charge on any atom is -0.493 e. The molecule has 0 spiro atoms. The van der Waals surface area contributed by atoms with Crippen LogP contribution in [-0.4, -0.2) is 33.4 Å². The van der Waals surface area contributed by atoms with Crippen molar-refractivity contribution in [3.63, 3.8) is 0 Å². The predicted molar refractivity (Wildman–Crippen MR) is 110 cm³/mol. The summed E-state index contributed by atoms with van der Waals surface area (Å²) in [5.74, 6) is 1.27. The molecular weight excluding hydrogens is 376 g/mol. The summed E-state index contributed by atoms with van der Waals surface area (Å²) in [5.41, 5.74) is 0.865. The maximum absolute atomic E-state index is 12.5. The van der Waals surface area contributed by atoms with Crippen LogP contribution in [0.5, 0.6) is 5.75 Å². The summed E-state index contributed by atoms with van der Waals surface area (Å²) in [6.07, 6.45) is 0.344. The van der Waals surface area contributed by atoms with E-state index in [9.17, 15) is 9.59 Å². The van der Waals surface area contributed by atoms with Gasteiger partial charge in [0.1, 0.15) is 5.75 Å². The molecular formula is C20H20N4O3S. The van der Waals surface area contributed by atoms with E-state index in [-0.39, 0.29) is 17.2 Å². The van der Waals surface area contributed by atoms with Gasteiger partial charge in [-0.05, 0) is 18.2 Å². The molecule has 0 aliphatic carbocycles. The number of amides is 1. The average molecular weight is 396 g/mol. The van der Waals surface area contributed by atoms with Gasteiger partial charge in [-0.1, -0.05) is 55.1 Å². The normalized spacial score (nSPS) is 10.5. The summed E-state index contributed by atoms with van der Waals surface area (Å²) < 4.78 is 5.61. The third kappa shape index (κ3) is 5.20. The quantitative estimate of drug-likeness (QED) is 0.448. The minimum atomic E-state index is -0.361. The summed E-state index contributed by atoms with van der Waals surface area (Å²) in [7, 11) is 0. The third-order valence-corrected chi connectivity index (χ3v) is 4.62. The molecule has 0 bridgehead atoms. The van der Waals surface area contributed by atoms with Gasteiger partial charge in [0.2, 0.25) is 5.91 Å². The molecule has 0 unspecified atom stereocenters. The van der Waals surface area contributed by atoms with Crippen LogP contribution in [0, 0.1) is 0 Å². The van der Waals surface area contributed by atoms with E-state index in [1.165, 1.54) is 11.8 Å². The van der Waals surface area contributed by atoms with Gasteiger partial charge in [0.15, 0.2) is 10.9 Å². The minimum absolute atomic E-state index is 0.137. The van der Waals surface area contributed by atoms with Gasteiger partial charge in [-0.25, -0.2) is 0 Å². The number of nitrogens with one attached hydrogen (secondary N) is 2. The second-order valence-corrected chi connectivity index (χ2v) is 6.85. The number of anilines is 1. The fraction of sp³-hybridized carbons (Fsp3) is 0.200. The van der Waals surface area contributed by atoms with Crippen LogP contribution in [0.4, 0.5) is 5.69 Å². The van der Waals surface area contributed by atoms with Crippen molar-refractivity contribution in [3.8, 4) is 17.0 Å². The van der Waals surface area contributed by atoms with Crippen LogP contribution < -0.4 is 15.6 Å². The van der Waals surface area contributed by atoms with Crippen LogP contribution in [0.2, 0.25) is 0 Å². The van der Waals surface area contributed by atoms with Crippen molar-refractivity contribution in [2.45, 2.75) is 18.5 Å². The molecule has 2 N–H and O–H groups in total. The number of nitrogens with zero attached hydrogens (tertiary/aromatic N) is 2. The zero-order valence-corrected chi connectivity index (χ0v) is 16.2. The summed E-state index contributed by atoms with van der Waals surface area (Å²) in [6.45, 7) is 2.24. The van der Waals surface area contributed by atoms with E-state index >= 15 is 0 Å². The number of hydrogen-bond donors (Lipinski definition) is 2. The Morgan fingerprint density at radius 1 is 1.11 bits per heavy atom. The van der Waals surface area contributed by atoms with Gasteiger partial charge in [-0.15, -0.1) is 10.2 Å². The molecule has 8 heteroatoms. The topological polar surface area (TPSA) is 97.0 Å². The number of benzene rings is 2. The smallest absolute Gasteiger partial charge is 0.278 e. The van der Waals surface area contributed by atoms with E-state index in [2.05, 4.69) is 20.5 Å². The van der Waals surface area contributed by atoms with Crippen molar-refractivity contribution in [1.82, 2.24) is 15.2 Å². The molecule has 2 aromatic carbocycles. The molecule has 0 aliphatic heterocycles. The molecule has 0 fully saturated rings. The highest BCUT2D eigenvalue weighted by Crippen LogP contribution is 2.24. The van der Waals surface area contributed by atoms with E-state index in [1.807, 2.05) is 30.3 Å². The Labute approximate surface area is 166 Å². The van der Waals surface area contributed by atoms with Crippen LogP contribution in [0.25, 0.3) is 11.3 Å². The standard InChI is InChI=1S/C20H20N4O3S/c1-2-17(25)21-16-11-7-6-10-15(16)18-19(26)22-20(24-23-18)28-13-12-27-14-8-4-3-5-9-14/h3-11H,2,12-13H2,1H3,(H,21,25)(H,22,24,26). The molecule has 28 heavy (non-hydrogen) atoms. The maximum atomic E-state index is 12.5. The maximum Gasteiger partial charge on any atom is 0.278 e. The molecule has 0 saturated carbocycles. The number of ether oxygens (including phenoxy) is 1. The molecule has 144 valence electrons. The molecule has 7 nitrogen and oxygen atoms in total. The van der Waals surface area contributed by atoms with Crippen molar-refractivity contribution in [2.75, 3.05) is 17.7 Å². The number of para-hydroxylation sites is 2. The first kappa shape index (κ1) is 19.6. The van der Waals surface area contributed by atoms with E-state index in [4.69, 9.17) is 4.74 Å². The highest BCUT2D eigenvalue weighted by Gasteiger charge is 2.13. The lowest BCUT2D eigenvalue weighted by atomic mass is 10.1. The number of H-pyrrole nitrogens is 1. The Morgan fingerprint density at radius 3 is 2.61 bits per heavy atom. The lowest BCUT2D eigenvalue weighted by Crippen LogP contribution is -2.17. The van der Waals surface area contributed by atoms with E-state index in [0.29, 0.717) is 35.2 Å². The number of carbonyl (C=O) groups excluding carboxylic acids is 1. The summed E-state index contributed by atoms with van der Waals surface area (Å²) in [5, 5.41) is 11.4. The molecule has 0 atom stereocenters. The summed E-state index contributed by atoms with van der Waals surface area (Å²) >= 11 is 1.35. The molecule has 3 rings (SSSR count). The first-order chi connectivity index (χ1) is 13.7. The zero-order chi connectivity index (χ0) is 19.8. The Bertz CT molecular complexity index is 992. The monoisotopic (exact) mass is 396 g/mol. The van der Waals surface area contributed by atoms with Gasteiger partial charge in [-0.3, -0.25) is 14.6 Å². The van der Waals surface area contributed by atoms with Crippen LogP contribution in [0.3, 0.4) is 0 Å². The van der Waals surface area contributed by atoms with Gasteiger partial charge < -0.3 is 10.1 Å². The third-order valence-electron chi connectivity index (χ3n) is 3.79. The fourth-order valence-corrected chi connectivity index (χ4v) is 3.04. The predicted octanol–water partition coefficient (Wildman–Crippen LogP) is 3.35. The Hall–Kier alpha value is -3.13. The van der Waals surface area contributed by atoms with Crippen LogP contribution >= 0.6 is 11.8 Å². The molecule has 3 aromatic rings. The number of thioether (sulfide) groups is 1. The van der Waals surface area contributed by atoms with Crippen LogP contribution in [0.1, 0.15) is 13.3 Å². The fourth-order valence-electron chi connectivity index (χ4n) is 2.42. The van der Waals surface area contributed by atoms with Crippen molar-refractivity contribution < 1.29 is 9.53 Å². The van der Waals surface area contributed by atoms with Crippen LogP contribution in [0.15, 0.2) is 64.5 Å². The molecule has 1 amide bonds. The number of rotatable bonds is 8. The number of aromatic nitrogens is 3. The largest absolute Gasteiger partial charge is 0.493 e. The molecule has 0 radical (unpaired) electrons. The summed E-state index contributed by atoms with van der Waals surface area (Å²) in [4.78, 5) is 26.9. The van der Waals surface area contributed by atoms with Gasteiger partial charge in [-0.2, -0.15) is 0 Å². The van der Waals surface area contributed by atoms with E-state index < -0.39 is 0 Å². The van der Waals surface area contributed by atoms with Gasteiger partial charge >= 0.3 is 0 Å². The Kier molecular flexibility index (Phi) is 6.80. The van der Waals surface area contributed by atoms with Crippen molar-refractivity contribution in [3.05, 3.63) is 65.0 Å². The molecule has 1 heterocycles. The van der Waals surface area contributed by atoms with Gasteiger partial charge in [0.05, 0.1) is 12.3 Å². The Balaban J connectivity index is 1.66. The van der Waals surface area contributed by atoms with Gasteiger partial charge in [0.25, 0.3) is 5.56 Å². The number of aromatic amines is 1. The molecule has 0 aliphatic rings. The summed E-state index contributed by atoms with van der Waals surface area (Å²) in [6, 6.07) is 16.5. The highest BCUT2D eigenvalue weighted by atomic mass is 32.2. The van der Waals surface area contributed by atoms with Gasteiger partial charge in [0, 0.05) is 17.7 Å². The molecule has 0 saturated heterocycles. The van der Waals surface area contributed by atoms with E-state index in [0.717, 1.165) is 5.75 Å². The first-order valence-corrected chi connectivity index (χ1v) is 9.83. The molecule has 1 aromatic heterocycles. The second kappa shape index (κ2) is 9.70. The second-order valence-electron chi connectivity index (χ2n) is 5.77. The zero-order valence-electron chi connectivity index (χ0n) is 15.3.